The van der Waals surface area contributed by atoms with Crippen LogP contribution in [-0.2, 0) is 0 Å². The molecule has 0 bridgehead atoms. The van der Waals surface area contributed by atoms with Crippen LogP contribution < -0.4 is 0 Å². The Kier molecular flexibility index (Phi) is 2.24. The lowest BCUT2D eigenvalue weighted by Gasteiger charge is -2.17. The minimum absolute atomic E-state index is 0.163. The van der Waals surface area contributed by atoms with Crippen LogP contribution in [0.3, 0.4) is 0 Å². The van der Waals surface area contributed by atoms with Crippen molar-refractivity contribution in [3.05, 3.63) is 70.4 Å². The fraction of sp³-hybridized carbons (Fsp3) is 0. The summed E-state index contributed by atoms with van der Waals surface area (Å²) in [5.41, 5.74) is 2.73. The molecule has 0 spiro atoms. The number of fused-ring (bicyclic) bond motifs is 3. The second-order valence-corrected chi connectivity index (χ2v) is 5.01. The summed E-state index contributed by atoms with van der Waals surface area (Å²) < 4.78 is 0. The van der Waals surface area contributed by atoms with E-state index in [1.807, 2.05) is 0 Å². The normalized spacial score (nSPS) is 13.1. The first-order valence-electron chi connectivity index (χ1n) is 6.49. The molecule has 0 saturated heterocycles. The molecule has 0 unspecified atom stereocenters. The molecular weight excluding hydrogens is 266 g/mol. The monoisotopic (exact) mass is 275 g/mol. The van der Waals surface area contributed by atoms with Gasteiger partial charge in [-0.15, -0.1) is 0 Å². The van der Waals surface area contributed by atoms with Crippen LogP contribution in [0.25, 0.3) is 10.9 Å². The van der Waals surface area contributed by atoms with Crippen molar-refractivity contribution in [2.45, 2.75) is 0 Å². The van der Waals surface area contributed by atoms with E-state index < -0.39 is 0 Å². The Morgan fingerprint density at radius 2 is 1.48 bits per heavy atom. The van der Waals surface area contributed by atoms with Gasteiger partial charge in [-0.2, -0.15) is 0 Å². The molecule has 1 aliphatic carbocycles. The molecule has 4 heteroatoms. The van der Waals surface area contributed by atoms with E-state index in [0.29, 0.717) is 38.7 Å². The maximum atomic E-state index is 12.6. The highest BCUT2D eigenvalue weighted by atomic mass is 16.1. The van der Waals surface area contributed by atoms with Crippen molar-refractivity contribution in [2.75, 3.05) is 0 Å². The predicted molar refractivity (Wildman–Crippen MR) is 77.0 cm³/mol. The van der Waals surface area contributed by atoms with Crippen LogP contribution in [0.5, 0.6) is 0 Å². The molecule has 1 aliphatic rings. The number of H-pyrrole nitrogens is 1. The zero-order valence-electron chi connectivity index (χ0n) is 10.8. The number of aldehydes is 1. The van der Waals surface area contributed by atoms with Gasteiger partial charge in [-0.1, -0.05) is 24.3 Å². The van der Waals surface area contributed by atoms with Crippen LogP contribution in [0.2, 0.25) is 0 Å². The van der Waals surface area contributed by atoms with Gasteiger partial charge in [-0.25, -0.2) is 0 Å². The van der Waals surface area contributed by atoms with E-state index in [0.717, 1.165) is 6.29 Å². The second-order valence-electron chi connectivity index (χ2n) is 5.01. The molecule has 2 aromatic carbocycles. The average molecular weight is 275 g/mol. The van der Waals surface area contributed by atoms with Gasteiger partial charge < -0.3 is 4.98 Å². The first-order chi connectivity index (χ1) is 10.2. The van der Waals surface area contributed by atoms with Crippen LogP contribution in [0.1, 0.15) is 42.2 Å². The number of benzene rings is 2. The summed E-state index contributed by atoms with van der Waals surface area (Å²) in [6, 6.07) is 10.1. The molecule has 0 aliphatic heterocycles. The van der Waals surface area contributed by atoms with Crippen molar-refractivity contribution in [1.29, 1.82) is 0 Å². The van der Waals surface area contributed by atoms with Crippen molar-refractivity contribution in [3.63, 3.8) is 0 Å². The van der Waals surface area contributed by atoms with Crippen molar-refractivity contribution < 1.29 is 14.4 Å². The highest BCUT2D eigenvalue weighted by Gasteiger charge is 2.30. The summed E-state index contributed by atoms with van der Waals surface area (Å²) in [7, 11) is 0. The van der Waals surface area contributed by atoms with Crippen molar-refractivity contribution >= 4 is 28.8 Å². The first-order valence-corrected chi connectivity index (χ1v) is 6.49. The number of rotatable bonds is 1. The van der Waals surface area contributed by atoms with Gasteiger partial charge in [0, 0.05) is 44.9 Å². The number of aromatic nitrogens is 1. The molecule has 0 fully saturated rings. The highest BCUT2D eigenvalue weighted by molar-refractivity contribution is 6.29. The van der Waals surface area contributed by atoms with Gasteiger partial charge in [0.15, 0.2) is 17.9 Å². The van der Waals surface area contributed by atoms with Gasteiger partial charge in [0.05, 0.1) is 0 Å². The van der Waals surface area contributed by atoms with E-state index in [1.165, 1.54) is 0 Å². The van der Waals surface area contributed by atoms with Gasteiger partial charge in [0.1, 0.15) is 0 Å². The van der Waals surface area contributed by atoms with E-state index >= 15 is 0 Å². The Balaban J connectivity index is 2.07. The Hall–Kier alpha value is -3.01. The first kappa shape index (κ1) is 11.8. The third-order valence-corrected chi connectivity index (χ3v) is 3.88. The van der Waals surface area contributed by atoms with Crippen molar-refractivity contribution in [1.82, 2.24) is 4.98 Å². The topological polar surface area (TPSA) is 67.0 Å². The molecule has 0 amide bonds. The molecule has 100 valence electrons. The lowest BCUT2D eigenvalue weighted by molar-refractivity contribution is 0.0979. The predicted octanol–water partition coefficient (Wildman–Crippen LogP) is 2.76. The molecule has 1 heterocycles. The van der Waals surface area contributed by atoms with E-state index in [9.17, 15) is 14.4 Å². The molecule has 3 aromatic rings. The smallest absolute Gasteiger partial charge is 0.194 e. The van der Waals surface area contributed by atoms with Crippen LogP contribution in [-0.4, -0.2) is 22.8 Å². The molecule has 0 radical (unpaired) electrons. The molecular formula is C17H9NO3. The number of aromatic amines is 1. The molecule has 21 heavy (non-hydrogen) atoms. The maximum absolute atomic E-state index is 12.6. The zero-order chi connectivity index (χ0) is 14.6. The van der Waals surface area contributed by atoms with E-state index in [1.54, 1.807) is 42.6 Å². The quantitative estimate of drug-likeness (QED) is 0.543. The molecule has 4 rings (SSSR count). The lowest BCUT2D eigenvalue weighted by atomic mass is 9.83. The summed E-state index contributed by atoms with van der Waals surface area (Å²) >= 11 is 0. The van der Waals surface area contributed by atoms with Crippen molar-refractivity contribution in [3.8, 4) is 0 Å². The molecule has 1 aromatic heterocycles. The van der Waals surface area contributed by atoms with Crippen LogP contribution in [0.4, 0.5) is 0 Å². The number of carbonyl (C=O) groups is 3. The highest BCUT2D eigenvalue weighted by Crippen LogP contribution is 2.31. The third-order valence-electron chi connectivity index (χ3n) is 3.88. The van der Waals surface area contributed by atoms with E-state index in [2.05, 4.69) is 4.98 Å². The van der Waals surface area contributed by atoms with Crippen molar-refractivity contribution in [2.24, 2.45) is 0 Å². The van der Waals surface area contributed by atoms with Crippen LogP contribution in [0, 0.1) is 0 Å². The number of carbonyl (C=O) groups excluding carboxylic acids is 3. The number of nitrogens with one attached hydrogen (secondary N) is 1. The Morgan fingerprint density at radius 3 is 2.10 bits per heavy atom. The Bertz CT molecular complexity index is 950. The van der Waals surface area contributed by atoms with Crippen LogP contribution in [0.15, 0.2) is 42.6 Å². The van der Waals surface area contributed by atoms with Gasteiger partial charge in [-0.3, -0.25) is 14.4 Å². The van der Waals surface area contributed by atoms with E-state index in [4.69, 9.17) is 0 Å². The molecule has 0 atom stereocenters. The summed E-state index contributed by atoms with van der Waals surface area (Å²) in [4.78, 5) is 39.1. The SMILES string of the molecule is O=Cc1c[nH]c2cc3c(cc12)C(=O)c1ccccc1C3=O. The van der Waals surface area contributed by atoms with Crippen LogP contribution >= 0.6 is 0 Å². The minimum Gasteiger partial charge on any atom is -0.360 e. The van der Waals surface area contributed by atoms with Gasteiger partial charge in [0.25, 0.3) is 0 Å². The van der Waals surface area contributed by atoms with Gasteiger partial charge in [0.2, 0.25) is 0 Å². The summed E-state index contributed by atoms with van der Waals surface area (Å²) in [5, 5.41) is 0.657. The number of hydrogen-bond donors (Lipinski definition) is 1. The Labute approximate surface area is 119 Å². The number of ketones is 2. The minimum atomic E-state index is -0.180. The largest absolute Gasteiger partial charge is 0.360 e. The third kappa shape index (κ3) is 1.47. The fourth-order valence-corrected chi connectivity index (χ4v) is 2.83. The molecule has 1 N–H and O–H groups in total. The molecule has 4 nitrogen and oxygen atoms in total. The number of hydrogen-bond acceptors (Lipinski definition) is 3. The summed E-state index contributed by atoms with van der Waals surface area (Å²) in [6.45, 7) is 0. The summed E-state index contributed by atoms with van der Waals surface area (Å²) in [6.07, 6.45) is 2.31. The summed E-state index contributed by atoms with van der Waals surface area (Å²) in [5.74, 6) is -0.343. The standard InChI is InChI=1S/C17H9NO3/c19-8-9-7-18-15-6-14-13(5-12(9)15)16(20)10-3-1-2-4-11(10)17(14)21/h1-8,18H. The Morgan fingerprint density at radius 1 is 0.857 bits per heavy atom. The van der Waals surface area contributed by atoms with E-state index in [-0.39, 0.29) is 11.6 Å². The fourth-order valence-electron chi connectivity index (χ4n) is 2.83. The zero-order valence-corrected chi connectivity index (χ0v) is 10.8. The average Bonchev–Trinajstić information content (AvgIpc) is 2.93. The second kappa shape index (κ2) is 3.99. The lowest BCUT2D eigenvalue weighted by Crippen LogP contribution is -2.20. The van der Waals surface area contributed by atoms with Gasteiger partial charge in [-0.05, 0) is 12.1 Å². The molecule has 0 saturated carbocycles. The van der Waals surface area contributed by atoms with Gasteiger partial charge >= 0.3 is 0 Å². The maximum Gasteiger partial charge on any atom is 0.194 e.